The summed E-state index contributed by atoms with van der Waals surface area (Å²) >= 11 is 0. The second-order valence-electron chi connectivity index (χ2n) is 7.07. The smallest absolute Gasteiger partial charge is 0.272 e. The van der Waals surface area contributed by atoms with Crippen LogP contribution in [-0.2, 0) is 9.84 Å². The third-order valence-corrected chi connectivity index (χ3v) is 6.89. The molecule has 1 aliphatic carbocycles. The molecular formula is C17H26N4O3S. The van der Waals surface area contributed by atoms with Crippen LogP contribution in [0.2, 0.25) is 0 Å². The number of carbonyl (C=O) groups is 1. The number of carbonyl (C=O) groups excluding carboxylic acids is 1. The normalized spacial score (nSPS) is 23.8. The van der Waals surface area contributed by atoms with Crippen molar-refractivity contribution in [3.63, 3.8) is 0 Å². The van der Waals surface area contributed by atoms with E-state index in [2.05, 4.69) is 15.3 Å². The molecule has 138 valence electrons. The second kappa shape index (κ2) is 7.68. The van der Waals surface area contributed by atoms with Crippen LogP contribution in [0.1, 0.15) is 55.4 Å². The van der Waals surface area contributed by atoms with Crippen molar-refractivity contribution in [3.05, 3.63) is 18.0 Å². The number of nitrogens with zero attached hydrogens (tertiary/aromatic N) is 3. The highest BCUT2D eigenvalue weighted by Crippen LogP contribution is 2.21. The summed E-state index contributed by atoms with van der Waals surface area (Å²) in [5.74, 6) is 0.403. The van der Waals surface area contributed by atoms with Gasteiger partial charge in [0.25, 0.3) is 5.91 Å². The molecule has 0 bridgehead atoms. The van der Waals surface area contributed by atoms with E-state index >= 15 is 0 Å². The number of hydrogen-bond acceptors (Lipinski definition) is 6. The van der Waals surface area contributed by atoms with Gasteiger partial charge < -0.3 is 10.2 Å². The van der Waals surface area contributed by atoms with E-state index in [1.165, 1.54) is 30.6 Å². The zero-order chi connectivity index (χ0) is 17.9. The molecule has 1 saturated heterocycles. The molecule has 2 aliphatic rings. The summed E-state index contributed by atoms with van der Waals surface area (Å²) in [6, 6.07) is 1.66. The van der Waals surface area contributed by atoms with Crippen molar-refractivity contribution in [2.45, 2.75) is 57.0 Å². The molecule has 8 heteroatoms. The van der Waals surface area contributed by atoms with E-state index < -0.39 is 9.84 Å². The Morgan fingerprint density at radius 3 is 2.56 bits per heavy atom. The highest BCUT2D eigenvalue weighted by atomic mass is 32.2. The fraction of sp³-hybridized carbons (Fsp3) is 0.706. The standard InChI is InChI=1S/C17H26N4O3S/c1-21(14-9-11-25(23,24)12-14)16(22)15-8-10-18-17(20-15)19-13-6-4-2-3-5-7-13/h8,10,13-14H,2-7,9,11-12H2,1H3,(H,18,19,20). The zero-order valence-corrected chi connectivity index (χ0v) is 15.5. The van der Waals surface area contributed by atoms with Crippen LogP contribution in [0.5, 0.6) is 0 Å². The third-order valence-electron chi connectivity index (χ3n) is 5.14. The fourth-order valence-corrected chi connectivity index (χ4v) is 5.36. The molecule has 0 aromatic carbocycles. The second-order valence-corrected chi connectivity index (χ2v) is 9.30. The molecule has 25 heavy (non-hydrogen) atoms. The van der Waals surface area contributed by atoms with Gasteiger partial charge >= 0.3 is 0 Å². The van der Waals surface area contributed by atoms with Gasteiger partial charge in [0.15, 0.2) is 9.84 Å². The molecule has 1 aliphatic heterocycles. The molecule has 1 aromatic heterocycles. The van der Waals surface area contributed by atoms with Crippen molar-refractivity contribution in [1.82, 2.24) is 14.9 Å². The van der Waals surface area contributed by atoms with Crippen LogP contribution in [-0.4, -0.2) is 59.8 Å². The van der Waals surface area contributed by atoms with Gasteiger partial charge in [-0.25, -0.2) is 18.4 Å². The van der Waals surface area contributed by atoms with Crippen molar-refractivity contribution in [2.75, 3.05) is 23.9 Å². The molecule has 7 nitrogen and oxygen atoms in total. The van der Waals surface area contributed by atoms with Crippen LogP contribution < -0.4 is 5.32 Å². The lowest BCUT2D eigenvalue weighted by Crippen LogP contribution is -2.38. The Bertz CT molecular complexity index is 714. The van der Waals surface area contributed by atoms with E-state index in [1.807, 2.05) is 0 Å². The van der Waals surface area contributed by atoms with Crippen molar-refractivity contribution in [2.24, 2.45) is 0 Å². The summed E-state index contributed by atoms with van der Waals surface area (Å²) in [6.07, 6.45) is 9.22. The Hall–Kier alpha value is -1.70. The van der Waals surface area contributed by atoms with Gasteiger partial charge in [-0.2, -0.15) is 0 Å². The molecule has 1 atom stereocenters. The molecule has 0 radical (unpaired) electrons. The van der Waals surface area contributed by atoms with E-state index in [0.29, 0.717) is 24.1 Å². The lowest BCUT2D eigenvalue weighted by molar-refractivity contribution is 0.0741. The van der Waals surface area contributed by atoms with Gasteiger partial charge in [0.1, 0.15) is 5.69 Å². The van der Waals surface area contributed by atoms with Crippen LogP contribution in [0.25, 0.3) is 0 Å². The maximum Gasteiger partial charge on any atom is 0.272 e. The third kappa shape index (κ3) is 4.68. The molecular weight excluding hydrogens is 340 g/mol. The van der Waals surface area contributed by atoms with E-state index in [1.54, 1.807) is 19.3 Å². The molecule has 1 aromatic rings. The lowest BCUT2D eigenvalue weighted by atomic mass is 10.1. The van der Waals surface area contributed by atoms with Gasteiger partial charge in [-0.1, -0.05) is 25.7 Å². The quantitative estimate of drug-likeness (QED) is 0.818. The van der Waals surface area contributed by atoms with Crippen LogP contribution >= 0.6 is 0 Å². The Balaban J connectivity index is 1.66. The lowest BCUT2D eigenvalue weighted by Gasteiger charge is -2.23. The van der Waals surface area contributed by atoms with Gasteiger partial charge in [0, 0.05) is 25.3 Å². The molecule has 2 fully saturated rings. The van der Waals surface area contributed by atoms with Crippen molar-refractivity contribution in [3.8, 4) is 0 Å². The van der Waals surface area contributed by atoms with Crippen LogP contribution in [0.15, 0.2) is 12.3 Å². The molecule has 1 N–H and O–H groups in total. The monoisotopic (exact) mass is 366 g/mol. The molecule has 1 unspecified atom stereocenters. The highest BCUT2D eigenvalue weighted by Gasteiger charge is 2.33. The Morgan fingerprint density at radius 2 is 1.92 bits per heavy atom. The summed E-state index contributed by atoms with van der Waals surface area (Å²) in [5.41, 5.74) is 0.304. The number of rotatable bonds is 4. The number of hydrogen-bond donors (Lipinski definition) is 1. The topological polar surface area (TPSA) is 92.3 Å². The zero-order valence-electron chi connectivity index (χ0n) is 14.6. The first kappa shape index (κ1) is 18.1. The first-order chi connectivity index (χ1) is 11.9. The van der Waals surface area contributed by atoms with E-state index in [-0.39, 0.29) is 23.5 Å². The number of nitrogens with one attached hydrogen (secondary N) is 1. The summed E-state index contributed by atoms with van der Waals surface area (Å²) in [7, 11) is -1.38. The average molecular weight is 366 g/mol. The predicted molar refractivity (Wildman–Crippen MR) is 96.3 cm³/mol. The van der Waals surface area contributed by atoms with Crippen LogP contribution in [0.3, 0.4) is 0 Å². The first-order valence-corrected chi connectivity index (χ1v) is 10.8. The molecule has 2 heterocycles. The summed E-state index contributed by atoms with van der Waals surface area (Å²) in [6.45, 7) is 0. The van der Waals surface area contributed by atoms with Crippen molar-refractivity contribution in [1.29, 1.82) is 0 Å². The number of anilines is 1. The van der Waals surface area contributed by atoms with Crippen LogP contribution in [0, 0.1) is 0 Å². The minimum atomic E-state index is -3.03. The van der Waals surface area contributed by atoms with Gasteiger partial charge in [-0.05, 0) is 25.3 Å². The number of sulfone groups is 1. The Kier molecular flexibility index (Phi) is 5.56. The van der Waals surface area contributed by atoms with Gasteiger partial charge in [0.2, 0.25) is 5.95 Å². The molecule has 1 amide bonds. The molecule has 1 saturated carbocycles. The maximum atomic E-state index is 12.7. The molecule has 3 rings (SSSR count). The number of amides is 1. The highest BCUT2D eigenvalue weighted by molar-refractivity contribution is 7.91. The Morgan fingerprint density at radius 1 is 1.20 bits per heavy atom. The van der Waals surface area contributed by atoms with Crippen molar-refractivity contribution < 1.29 is 13.2 Å². The van der Waals surface area contributed by atoms with Gasteiger partial charge in [-0.15, -0.1) is 0 Å². The maximum absolute atomic E-state index is 12.7. The first-order valence-electron chi connectivity index (χ1n) is 9.02. The summed E-state index contributed by atoms with van der Waals surface area (Å²) < 4.78 is 23.3. The average Bonchev–Trinajstić information content (AvgIpc) is 2.79. The Labute approximate surface area is 149 Å². The van der Waals surface area contributed by atoms with E-state index in [0.717, 1.165) is 12.8 Å². The van der Waals surface area contributed by atoms with Crippen LogP contribution in [0.4, 0.5) is 5.95 Å². The minimum absolute atomic E-state index is 0.0352. The fourth-order valence-electron chi connectivity index (χ4n) is 3.58. The van der Waals surface area contributed by atoms with E-state index in [9.17, 15) is 13.2 Å². The predicted octanol–water partition coefficient (Wildman–Crippen LogP) is 1.87. The van der Waals surface area contributed by atoms with Gasteiger partial charge in [-0.3, -0.25) is 4.79 Å². The largest absolute Gasteiger partial charge is 0.351 e. The summed E-state index contributed by atoms with van der Waals surface area (Å²) in [5, 5.41) is 3.35. The summed E-state index contributed by atoms with van der Waals surface area (Å²) in [4.78, 5) is 22.8. The molecule has 0 spiro atoms. The number of aromatic nitrogens is 2. The van der Waals surface area contributed by atoms with E-state index in [4.69, 9.17) is 0 Å². The van der Waals surface area contributed by atoms with Crippen molar-refractivity contribution >= 4 is 21.7 Å². The van der Waals surface area contributed by atoms with Gasteiger partial charge in [0.05, 0.1) is 11.5 Å². The minimum Gasteiger partial charge on any atom is -0.351 e. The SMILES string of the molecule is CN(C(=O)c1ccnc(NC2CCCCCC2)n1)C1CCS(=O)(=O)C1.